The van der Waals surface area contributed by atoms with Gasteiger partial charge in [0.15, 0.2) is 12.1 Å². The number of hydrogen-bond donors (Lipinski definition) is 0. The van der Waals surface area contributed by atoms with Crippen molar-refractivity contribution >= 4 is 17.8 Å². The van der Waals surface area contributed by atoms with E-state index in [4.69, 9.17) is 0 Å². The van der Waals surface area contributed by atoms with Crippen LogP contribution in [0, 0.1) is 0 Å². The van der Waals surface area contributed by atoms with Gasteiger partial charge < -0.3 is 4.90 Å². The fourth-order valence-corrected chi connectivity index (χ4v) is 2.83. The highest BCUT2D eigenvalue weighted by molar-refractivity contribution is 5.83. The quantitative estimate of drug-likeness (QED) is 0.667. The molecule has 1 aromatic carbocycles. The van der Waals surface area contributed by atoms with Crippen LogP contribution in [0.1, 0.15) is 21.6 Å². The Balaban J connectivity index is 1.82. The molecule has 20 heavy (non-hydrogen) atoms. The Labute approximate surface area is 116 Å². The van der Waals surface area contributed by atoms with Crippen molar-refractivity contribution in [1.82, 2.24) is 9.38 Å². The van der Waals surface area contributed by atoms with E-state index in [0.717, 1.165) is 30.8 Å². The van der Waals surface area contributed by atoms with E-state index in [-0.39, 0.29) is 0 Å². The Morgan fingerprint density at radius 3 is 2.40 bits per heavy atom. The lowest BCUT2D eigenvalue weighted by Gasteiger charge is -2.14. The van der Waals surface area contributed by atoms with Crippen LogP contribution >= 0.6 is 0 Å². The third-order valence-electron chi connectivity index (χ3n) is 3.80. The Morgan fingerprint density at radius 1 is 1.00 bits per heavy atom. The highest BCUT2D eigenvalue weighted by atomic mass is 16.1. The van der Waals surface area contributed by atoms with Crippen molar-refractivity contribution in [1.29, 1.82) is 0 Å². The largest absolute Gasteiger partial charge is 0.346 e. The third-order valence-corrected chi connectivity index (χ3v) is 3.80. The average molecular weight is 263 g/mol. The smallest absolute Gasteiger partial charge is 0.170 e. The van der Waals surface area contributed by atoms with Crippen molar-refractivity contribution in [2.45, 2.75) is 13.1 Å². The van der Waals surface area contributed by atoms with Gasteiger partial charge >= 0.3 is 0 Å². The van der Waals surface area contributed by atoms with E-state index in [1.807, 2.05) is 40.9 Å². The summed E-state index contributed by atoms with van der Waals surface area (Å²) < 4.78 is 1.84. The molecule has 0 amide bonds. The van der Waals surface area contributed by atoms with Crippen LogP contribution in [0.3, 0.4) is 0 Å². The Morgan fingerprint density at radius 2 is 1.70 bits per heavy atom. The Kier molecular flexibility index (Phi) is 2.36. The molecule has 0 fully saturated rings. The zero-order valence-electron chi connectivity index (χ0n) is 10.9. The predicted octanol–water partition coefficient (Wildman–Crippen LogP) is 2.67. The summed E-state index contributed by atoms with van der Waals surface area (Å²) in [6.45, 7) is 1.61. The first-order chi connectivity index (χ1) is 9.86. The summed E-state index contributed by atoms with van der Waals surface area (Å²) in [7, 11) is 0. The highest BCUT2D eigenvalue weighted by Crippen LogP contribution is 2.29. The lowest BCUT2D eigenvalue weighted by Crippen LogP contribution is -2.16. The van der Waals surface area contributed by atoms with Crippen LogP contribution in [-0.4, -0.2) is 15.7 Å². The van der Waals surface area contributed by atoms with E-state index in [0.29, 0.717) is 5.69 Å². The molecule has 4 nitrogen and oxygen atoms in total. The van der Waals surface area contributed by atoms with Gasteiger partial charge in [0.25, 0.3) is 0 Å². The molecule has 2 aromatic heterocycles. The molecule has 0 aliphatic carbocycles. The maximum Gasteiger partial charge on any atom is 0.170 e. The highest BCUT2D eigenvalue weighted by Gasteiger charge is 2.24. The Hall–Kier alpha value is -2.62. The minimum Gasteiger partial charge on any atom is -0.346 e. The summed E-state index contributed by atoms with van der Waals surface area (Å²) in [5.41, 5.74) is 4.04. The van der Waals surface area contributed by atoms with Gasteiger partial charge in [0, 0.05) is 19.3 Å². The van der Waals surface area contributed by atoms with Crippen LogP contribution in [0.2, 0.25) is 0 Å². The van der Waals surface area contributed by atoms with Crippen LogP contribution in [0.25, 0.3) is 5.65 Å². The fourth-order valence-electron chi connectivity index (χ4n) is 2.83. The molecule has 98 valence electrons. The molecule has 0 saturated carbocycles. The van der Waals surface area contributed by atoms with Gasteiger partial charge in [-0.1, -0.05) is 30.3 Å². The lowest BCUT2D eigenvalue weighted by molar-refractivity contribution is 0.111. The van der Waals surface area contributed by atoms with Crippen LogP contribution in [0.4, 0.5) is 5.82 Å². The number of pyridine rings is 1. The Bertz CT molecular complexity index is 781. The van der Waals surface area contributed by atoms with Gasteiger partial charge in [0.1, 0.15) is 11.3 Å². The van der Waals surface area contributed by atoms with E-state index < -0.39 is 0 Å². The standard InChI is InChI=1S/C16H13N3O/c20-11-14-16(17-15-7-3-4-8-19(14)15)18-9-12-5-1-2-6-13(12)10-18/h1-8,11H,9-10H2. The fraction of sp³-hybridized carbons (Fsp3) is 0.125. The molecule has 0 radical (unpaired) electrons. The van der Waals surface area contributed by atoms with Crippen LogP contribution in [0.5, 0.6) is 0 Å². The lowest BCUT2D eigenvalue weighted by atomic mass is 10.1. The maximum atomic E-state index is 11.4. The predicted molar refractivity (Wildman–Crippen MR) is 76.9 cm³/mol. The zero-order valence-corrected chi connectivity index (χ0v) is 10.9. The summed E-state index contributed by atoms with van der Waals surface area (Å²) >= 11 is 0. The third kappa shape index (κ3) is 1.54. The molecule has 0 bridgehead atoms. The van der Waals surface area contributed by atoms with E-state index >= 15 is 0 Å². The van der Waals surface area contributed by atoms with E-state index in [1.165, 1.54) is 11.1 Å². The number of aromatic nitrogens is 2. The summed E-state index contributed by atoms with van der Waals surface area (Å²) in [4.78, 5) is 18.2. The second kappa shape index (κ2) is 4.20. The number of hydrogen-bond acceptors (Lipinski definition) is 3. The number of aldehydes is 1. The number of benzene rings is 1. The normalized spacial score (nSPS) is 13.7. The second-order valence-electron chi connectivity index (χ2n) is 4.99. The minimum atomic E-state index is 0.619. The van der Waals surface area contributed by atoms with Gasteiger partial charge in [-0.2, -0.15) is 0 Å². The van der Waals surface area contributed by atoms with E-state index in [9.17, 15) is 4.79 Å². The van der Waals surface area contributed by atoms with Crippen molar-refractivity contribution in [2.24, 2.45) is 0 Å². The van der Waals surface area contributed by atoms with E-state index in [2.05, 4.69) is 22.0 Å². The topological polar surface area (TPSA) is 37.6 Å². The molecule has 0 saturated heterocycles. The van der Waals surface area contributed by atoms with Crippen molar-refractivity contribution in [3.63, 3.8) is 0 Å². The zero-order chi connectivity index (χ0) is 13.5. The first kappa shape index (κ1) is 11.2. The number of anilines is 1. The van der Waals surface area contributed by atoms with Crippen molar-refractivity contribution in [2.75, 3.05) is 4.90 Å². The molecular weight excluding hydrogens is 250 g/mol. The summed E-state index contributed by atoms with van der Waals surface area (Å²) in [6.07, 6.45) is 2.76. The summed E-state index contributed by atoms with van der Waals surface area (Å²) in [6, 6.07) is 14.1. The molecule has 0 unspecified atom stereocenters. The number of imidazole rings is 1. The van der Waals surface area contributed by atoms with Crippen molar-refractivity contribution in [3.8, 4) is 0 Å². The van der Waals surface area contributed by atoms with Gasteiger partial charge in [-0.3, -0.25) is 9.20 Å². The molecule has 0 atom stereocenters. The number of carbonyl (C=O) groups excluding carboxylic acids is 1. The van der Waals surface area contributed by atoms with Crippen LogP contribution in [-0.2, 0) is 13.1 Å². The first-order valence-electron chi connectivity index (χ1n) is 6.61. The summed E-state index contributed by atoms with van der Waals surface area (Å²) in [5.74, 6) is 0.766. The monoisotopic (exact) mass is 263 g/mol. The molecule has 1 aliphatic rings. The molecule has 0 N–H and O–H groups in total. The SMILES string of the molecule is O=Cc1c(N2Cc3ccccc3C2)nc2ccccn12. The molecular formula is C16H13N3O. The van der Waals surface area contributed by atoms with Gasteiger partial charge in [-0.25, -0.2) is 4.98 Å². The van der Waals surface area contributed by atoms with Gasteiger partial charge in [-0.05, 0) is 23.3 Å². The molecule has 3 aromatic rings. The molecule has 1 aliphatic heterocycles. The second-order valence-corrected chi connectivity index (χ2v) is 4.99. The molecule has 0 spiro atoms. The number of carbonyl (C=O) groups is 1. The van der Waals surface area contributed by atoms with Crippen molar-refractivity contribution in [3.05, 3.63) is 65.5 Å². The van der Waals surface area contributed by atoms with E-state index in [1.54, 1.807) is 0 Å². The molecule has 4 rings (SSSR count). The van der Waals surface area contributed by atoms with Gasteiger partial charge in [0.2, 0.25) is 0 Å². The number of nitrogens with zero attached hydrogens (tertiary/aromatic N) is 3. The minimum absolute atomic E-state index is 0.619. The van der Waals surface area contributed by atoms with Gasteiger partial charge in [-0.15, -0.1) is 0 Å². The summed E-state index contributed by atoms with van der Waals surface area (Å²) in [5, 5.41) is 0. The van der Waals surface area contributed by atoms with Crippen molar-refractivity contribution < 1.29 is 4.79 Å². The molecule has 4 heteroatoms. The maximum absolute atomic E-state index is 11.4. The van der Waals surface area contributed by atoms with Gasteiger partial charge in [0.05, 0.1) is 0 Å². The average Bonchev–Trinajstić information content (AvgIpc) is 3.07. The first-order valence-corrected chi connectivity index (χ1v) is 6.61. The van der Waals surface area contributed by atoms with Crippen LogP contribution in [0.15, 0.2) is 48.7 Å². The number of fused-ring (bicyclic) bond motifs is 2. The van der Waals surface area contributed by atoms with Crippen LogP contribution < -0.4 is 4.90 Å². The molecule has 3 heterocycles. The number of rotatable bonds is 2.